The second kappa shape index (κ2) is 14.0. The summed E-state index contributed by atoms with van der Waals surface area (Å²) in [6.07, 6.45) is 5.11. The highest BCUT2D eigenvalue weighted by Gasteiger charge is 2.32. The predicted molar refractivity (Wildman–Crippen MR) is 198 cm³/mol. The Morgan fingerprint density at radius 1 is 0.815 bits per heavy atom. The van der Waals surface area contributed by atoms with Gasteiger partial charge in [0, 0.05) is 12.0 Å². The topological polar surface area (TPSA) is 183 Å². The van der Waals surface area contributed by atoms with Crippen molar-refractivity contribution in [2.45, 2.75) is 66.1 Å². The molecule has 282 valence electrons. The SMILES string of the molecule is CCn1nc(C)cc1C(=O)Nc1nc2cc(C(=O)OC)cc3c2n1[C@@H](C/C=C/C[C@H]1COc2cc(C(=O)OC)cc4nc(NC(=O)C(C)(C)C)n1c24)CO3. The smallest absolute Gasteiger partial charge is 0.338 e. The maximum atomic E-state index is 13.6. The van der Waals surface area contributed by atoms with Crippen molar-refractivity contribution in [3.05, 3.63) is 65.0 Å². The van der Waals surface area contributed by atoms with Gasteiger partial charge in [0.25, 0.3) is 5.91 Å². The van der Waals surface area contributed by atoms with Crippen LogP contribution in [0.25, 0.3) is 22.1 Å². The van der Waals surface area contributed by atoms with Gasteiger partial charge in [0.15, 0.2) is 0 Å². The molecule has 5 aromatic rings. The molecule has 16 nitrogen and oxygen atoms in total. The zero-order valence-electron chi connectivity index (χ0n) is 31.2. The van der Waals surface area contributed by atoms with Crippen molar-refractivity contribution in [3.8, 4) is 11.5 Å². The number of allylic oxidation sites excluding steroid dienone is 2. The number of imidazole rings is 2. The molecule has 2 atom stereocenters. The van der Waals surface area contributed by atoms with Crippen LogP contribution in [0.3, 0.4) is 0 Å². The Morgan fingerprint density at radius 2 is 1.31 bits per heavy atom. The first-order valence-corrected chi connectivity index (χ1v) is 17.7. The Hall–Kier alpha value is -6.19. The number of carbonyl (C=O) groups is 4. The molecule has 0 unspecified atom stereocenters. The number of hydrogen-bond acceptors (Lipinski definition) is 11. The second-order valence-corrected chi connectivity index (χ2v) is 14.3. The van der Waals surface area contributed by atoms with Gasteiger partial charge in [-0.2, -0.15) is 5.10 Å². The highest BCUT2D eigenvalue weighted by atomic mass is 16.5. The molecule has 0 saturated carbocycles. The fraction of sp³-hybridized carbons (Fsp3) is 0.395. The molecule has 2 aliphatic heterocycles. The van der Waals surface area contributed by atoms with E-state index in [0.717, 1.165) is 5.69 Å². The highest BCUT2D eigenvalue weighted by Crippen LogP contribution is 2.40. The highest BCUT2D eigenvalue weighted by molar-refractivity contribution is 6.04. The summed E-state index contributed by atoms with van der Waals surface area (Å²) in [4.78, 5) is 61.0. The number of methoxy groups -OCH3 is 2. The van der Waals surface area contributed by atoms with E-state index < -0.39 is 17.4 Å². The summed E-state index contributed by atoms with van der Waals surface area (Å²) in [6.45, 7) is 10.2. The summed E-state index contributed by atoms with van der Waals surface area (Å²) in [6, 6.07) is 7.72. The molecule has 0 radical (unpaired) electrons. The zero-order chi connectivity index (χ0) is 38.5. The number of ether oxygens (including phenoxy) is 4. The lowest BCUT2D eigenvalue weighted by Gasteiger charge is -2.28. The number of aryl methyl sites for hydroxylation is 2. The lowest BCUT2D eigenvalue weighted by atomic mass is 9.96. The van der Waals surface area contributed by atoms with Crippen molar-refractivity contribution < 1.29 is 38.1 Å². The third-order valence-corrected chi connectivity index (χ3v) is 9.48. The molecule has 7 rings (SSSR count). The average molecular weight is 739 g/mol. The van der Waals surface area contributed by atoms with Crippen molar-refractivity contribution in [2.24, 2.45) is 5.41 Å². The van der Waals surface area contributed by atoms with Crippen molar-refractivity contribution >= 4 is 57.7 Å². The molecular formula is C38H42N8O8. The first kappa shape index (κ1) is 36.2. The second-order valence-electron chi connectivity index (χ2n) is 14.3. The number of aromatic nitrogens is 6. The van der Waals surface area contributed by atoms with Crippen LogP contribution in [0, 0.1) is 12.3 Å². The predicted octanol–water partition coefficient (Wildman–Crippen LogP) is 5.62. The van der Waals surface area contributed by atoms with Crippen molar-refractivity contribution in [2.75, 3.05) is 38.1 Å². The van der Waals surface area contributed by atoms with E-state index >= 15 is 0 Å². The minimum absolute atomic E-state index is 0.204. The van der Waals surface area contributed by atoms with Crippen molar-refractivity contribution in [1.29, 1.82) is 0 Å². The number of benzene rings is 2. The molecule has 3 aromatic heterocycles. The Morgan fingerprint density at radius 3 is 1.78 bits per heavy atom. The molecular weight excluding hydrogens is 696 g/mol. The van der Waals surface area contributed by atoms with Crippen LogP contribution < -0.4 is 20.1 Å². The molecule has 54 heavy (non-hydrogen) atoms. The van der Waals surface area contributed by atoms with E-state index in [4.69, 9.17) is 28.9 Å². The van der Waals surface area contributed by atoms with Crippen molar-refractivity contribution in [3.63, 3.8) is 0 Å². The van der Waals surface area contributed by atoms with Crippen LogP contribution in [0.5, 0.6) is 11.5 Å². The van der Waals surface area contributed by atoms with E-state index in [1.54, 1.807) is 35.0 Å². The van der Waals surface area contributed by atoms with Gasteiger partial charge >= 0.3 is 11.9 Å². The van der Waals surface area contributed by atoms with Crippen LogP contribution in [0.15, 0.2) is 42.5 Å². The standard InChI is InChI=1S/C38H42N8O8/c1-8-44-27(13-20(2)43-44)32(47)41-36-39-25-14-21(33(48)51-6)16-28-30(25)45(36)23(18-53-28)11-9-10-12-24-19-54-29-17-22(34(49)52-7)15-26-31(29)46(24)37(40-26)42-35(50)38(3,4)5/h9-10,13-17,23-24H,8,11-12,18-19H2,1-7H3,(H,39,41,47)(H,40,42,50)/b10-9+/t23-,24-/m0/s1. The van der Waals surface area contributed by atoms with Crippen LogP contribution in [0.4, 0.5) is 11.9 Å². The number of hydrogen-bond donors (Lipinski definition) is 2. The molecule has 16 heteroatoms. The summed E-state index contributed by atoms with van der Waals surface area (Å²) >= 11 is 0. The minimum atomic E-state index is -0.673. The molecule has 0 aliphatic carbocycles. The number of anilines is 2. The molecule has 0 bridgehead atoms. The minimum Gasteiger partial charge on any atom is -0.489 e. The summed E-state index contributed by atoms with van der Waals surface area (Å²) in [5, 5.41) is 10.4. The Balaban J connectivity index is 1.18. The van der Waals surface area contributed by atoms with Gasteiger partial charge in [-0.05, 0) is 57.0 Å². The fourth-order valence-electron chi connectivity index (χ4n) is 6.77. The molecule has 2 amide bonds. The third-order valence-electron chi connectivity index (χ3n) is 9.48. The van der Waals surface area contributed by atoms with Gasteiger partial charge in [0.2, 0.25) is 17.8 Å². The number of rotatable bonds is 10. The number of nitrogens with zero attached hydrogens (tertiary/aromatic N) is 6. The Kier molecular flexibility index (Phi) is 9.37. The van der Waals surface area contributed by atoms with Crippen molar-refractivity contribution in [1.82, 2.24) is 28.9 Å². The molecule has 0 spiro atoms. The lowest BCUT2D eigenvalue weighted by molar-refractivity contribution is -0.123. The number of esters is 2. The van der Waals surface area contributed by atoms with Crippen LogP contribution >= 0.6 is 0 Å². The van der Waals surface area contributed by atoms with Gasteiger partial charge in [-0.15, -0.1) is 0 Å². The normalized spacial score (nSPS) is 16.3. The Bertz CT molecular complexity index is 2360. The van der Waals surface area contributed by atoms with E-state index in [9.17, 15) is 19.2 Å². The lowest BCUT2D eigenvalue weighted by Crippen LogP contribution is -2.31. The van der Waals surface area contributed by atoms with E-state index in [1.165, 1.54) is 14.2 Å². The monoisotopic (exact) mass is 738 g/mol. The number of amides is 2. The first-order chi connectivity index (χ1) is 25.8. The summed E-state index contributed by atoms with van der Waals surface area (Å²) < 4.78 is 27.7. The van der Waals surface area contributed by atoms with Gasteiger partial charge in [-0.25, -0.2) is 19.6 Å². The first-order valence-electron chi connectivity index (χ1n) is 17.7. The average Bonchev–Trinajstić information content (AvgIpc) is 3.84. The maximum Gasteiger partial charge on any atom is 0.338 e. The van der Waals surface area contributed by atoms with Gasteiger partial charge in [-0.3, -0.25) is 34.0 Å². The quantitative estimate of drug-likeness (QED) is 0.134. The summed E-state index contributed by atoms with van der Waals surface area (Å²) in [7, 11) is 2.62. The maximum absolute atomic E-state index is 13.6. The van der Waals surface area contributed by atoms with E-state index in [0.29, 0.717) is 76.1 Å². The van der Waals surface area contributed by atoms with Crippen LogP contribution in [0.1, 0.15) is 89.5 Å². The fourth-order valence-corrected chi connectivity index (χ4v) is 6.77. The molecule has 2 aliphatic rings. The van der Waals surface area contributed by atoms with Gasteiger partial charge < -0.3 is 18.9 Å². The van der Waals surface area contributed by atoms with Gasteiger partial charge in [-0.1, -0.05) is 32.9 Å². The van der Waals surface area contributed by atoms with Crippen LogP contribution in [-0.4, -0.2) is 80.1 Å². The summed E-state index contributed by atoms with van der Waals surface area (Å²) in [5.41, 5.74) is 3.30. The number of nitrogens with one attached hydrogen (secondary N) is 2. The largest absolute Gasteiger partial charge is 0.489 e. The molecule has 2 N–H and O–H groups in total. The van der Waals surface area contributed by atoms with E-state index in [-0.39, 0.29) is 42.7 Å². The molecule has 2 aromatic carbocycles. The number of carbonyl (C=O) groups excluding carboxylic acids is 4. The van der Waals surface area contributed by atoms with Crippen LogP contribution in [-0.2, 0) is 20.8 Å². The van der Waals surface area contributed by atoms with E-state index in [2.05, 4.69) is 15.7 Å². The van der Waals surface area contributed by atoms with Gasteiger partial charge in [0.05, 0.1) is 54.2 Å². The zero-order valence-corrected chi connectivity index (χ0v) is 31.2. The summed E-state index contributed by atoms with van der Waals surface area (Å²) in [5.74, 6) is -0.0147. The van der Waals surface area contributed by atoms with E-state index in [1.807, 2.05) is 55.9 Å². The molecule has 5 heterocycles. The Labute approximate surface area is 310 Å². The molecule has 0 fully saturated rings. The van der Waals surface area contributed by atoms with Gasteiger partial charge in [0.1, 0.15) is 41.4 Å². The van der Waals surface area contributed by atoms with Crippen LogP contribution in [0.2, 0.25) is 0 Å². The third kappa shape index (κ3) is 6.52. The molecule has 0 saturated heterocycles.